The molecule has 6 heteroatoms. The molecule has 3 aliphatic rings. The van der Waals surface area contributed by atoms with E-state index in [1.807, 2.05) is 25.1 Å². The maximum atomic E-state index is 12.6. The van der Waals surface area contributed by atoms with E-state index in [4.69, 9.17) is 0 Å². The van der Waals surface area contributed by atoms with E-state index >= 15 is 0 Å². The first-order chi connectivity index (χ1) is 12.8. The Morgan fingerprint density at radius 2 is 1.56 bits per heavy atom. The predicted octanol–water partition coefficient (Wildman–Crippen LogP) is 2.92. The zero-order valence-electron chi connectivity index (χ0n) is 15.3. The number of fused-ring (bicyclic) bond motifs is 2. The summed E-state index contributed by atoms with van der Waals surface area (Å²) >= 11 is 0. The predicted molar refractivity (Wildman–Crippen MR) is 104 cm³/mol. The minimum Gasteiger partial charge on any atom is -0.386 e. The van der Waals surface area contributed by atoms with Crippen molar-refractivity contribution in [3.63, 3.8) is 0 Å². The van der Waals surface area contributed by atoms with Crippen molar-refractivity contribution in [3.05, 3.63) is 77.5 Å². The van der Waals surface area contributed by atoms with Gasteiger partial charge in [-0.3, -0.25) is 0 Å². The Hall–Kier alpha value is -2.15. The Bertz CT molecular complexity index is 958. The quantitative estimate of drug-likeness (QED) is 0.693. The Morgan fingerprint density at radius 3 is 2.19 bits per heavy atom. The summed E-state index contributed by atoms with van der Waals surface area (Å²) in [5, 5.41) is 10.7. The Labute approximate surface area is 160 Å². The fourth-order valence-electron chi connectivity index (χ4n) is 4.19. The first-order valence-electron chi connectivity index (χ1n) is 9.19. The summed E-state index contributed by atoms with van der Waals surface area (Å²) in [6.45, 7) is 1.91. The van der Waals surface area contributed by atoms with Crippen molar-refractivity contribution in [1.29, 1.82) is 0 Å². The molecule has 0 aliphatic heterocycles. The third-order valence-corrected chi connectivity index (χ3v) is 7.14. The number of sulfonamides is 1. The lowest BCUT2D eigenvalue weighted by Gasteiger charge is -2.50. The lowest BCUT2D eigenvalue weighted by molar-refractivity contribution is 0.0136. The van der Waals surface area contributed by atoms with Crippen LogP contribution in [0.25, 0.3) is 0 Å². The van der Waals surface area contributed by atoms with Crippen LogP contribution in [0.5, 0.6) is 0 Å². The number of allylic oxidation sites excluding steroid dienone is 1. The van der Waals surface area contributed by atoms with Gasteiger partial charge in [0, 0.05) is 11.1 Å². The third kappa shape index (κ3) is 3.29. The van der Waals surface area contributed by atoms with Crippen LogP contribution in [0.2, 0.25) is 0 Å². The van der Waals surface area contributed by atoms with Crippen molar-refractivity contribution in [2.24, 2.45) is 0 Å². The molecule has 0 radical (unpaired) electrons. The zero-order chi connectivity index (χ0) is 19.1. The van der Waals surface area contributed by atoms with Gasteiger partial charge in [-0.25, -0.2) is 8.42 Å². The van der Waals surface area contributed by atoms with Gasteiger partial charge < -0.3 is 10.5 Å². The first-order valence-corrected chi connectivity index (χ1v) is 10.7. The average Bonchev–Trinajstić information content (AvgIpc) is 2.68. The van der Waals surface area contributed by atoms with Crippen molar-refractivity contribution >= 4 is 10.0 Å². The molecule has 0 saturated heterocycles. The summed E-state index contributed by atoms with van der Waals surface area (Å²) in [6.07, 6.45) is 4.71. The third-order valence-electron chi connectivity index (χ3n) is 5.88. The summed E-state index contributed by atoms with van der Waals surface area (Å²) in [5.41, 5.74) is 4.63. The maximum Gasteiger partial charge on any atom is 0.257 e. The molecule has 5 rings (SSSR count). The molecule has 27 heavy (non-hydrogen) atoms. The van der Waals surface area contributed by atoms with Crippen LogP contribution >= 0.6 is 0 Å². The highest BCUT2D eigenvalue weighted by Crippen LogP contribution is 2.52. The highest BCUT2D eigenvalue weighted by atomic mass is 32.2. The van der Waals surface area contributed by atoms with Gasteiger partial charge in [0.15, 0.2) is 0 Å². The molecule has 3 aliphatic carbocycles. The van der Waals surface area contributed by atoms with Crippen LogP contribution in [0, 0.1) is 6.92 Å². The average molecular weight is 385 g/mol. The van der Waals surface area contributed by atoms with Gasteiger partial charge in [0.1, 0.15) is 0 Å². The van der Waals surface area contributed by atoms with Gasteiger partial charge in [-0.15, -0.1) is 4.83 Å². The number of rotatable bonds is 5. The van der Waals surface area contributed by atoms with Gasteiger partial charge >= 0.3 is 0 Å². The largest absolute Gasteiger partial charge is 0.386 e. The van der Waals surface area contributed by atoms with Crippen LogP contribution in [0.3, 0.4) is 0 Å². The highest BCUT2D eigenvalue weighted by Gasteiger charge is 2.49. The summed E-state index contributed by atoms with van der Waals surface area (Å²) in [6, 6.07) is 16.8. The van der Waals surface area contributed by atoms with E-state index in [2.05, 4.69) is 22.4 Å². The second-order valence-corrected chi connectivity index (χ2v) is 9.34. The Balaban J connectivity index is 1.63. The van der Waals surface area contributed by atoms with E-state index in [1.54, 1.807) is 30.3 Å². The zero-order valence-corrected chi connectivity index (χ0v) is 16.1. The number of nitrogens with one attached hydrogen (secondary N) is 2. The van der Waals surface area contributed by atoms with E-state index < -0.39 is 15.6 Å². The van der Waals surface area contributed by atoms with Crippen LogP contribution in [0.4, 0.5) is 0 Å². The van der Waals surface area contributed by atoms with Crippen molar-refractivity contribution in [2.75, 3.05) is 0 Å². The molecule has 0 spiro atoms. The van der Waals surface area contributed by atoms with Crippen LogP contribution in [0.15, 0.2) is 71.3 Å². The molecular weight excluding hydrogens is 360 g/mol. The molecule has 1 saturated carbocycles. The normalized spacial score (nSPS) is 27.3. The molecule has 5 nitrogen and oxygen atoms in total. The SMILES string of the molecule is Cc1ccc(S(=O)(=O)NNC2=CC3(O)CCC2(c2ccccc2)CC3)cc1. The highest BCUT2D eigenvalue weighted by molar-refractivity contribution is 7.89. The Kier molecular flexibility index (Phi) is 4.37. The van der Waals surface area contributed by atoms with Crippen molar-refractivity contribution in [2.45, 2.75) is 48.5 Å². The van der Waals surface area contributed by atoms with Crippen molar-refractivity contribution < 1.29 is 13.5 Å². The Morgan fingerprint density at radius 1 is 0.926 bits per heavy atom. The van der Waals surface area contributed by atoms with Gasteiger partial charge in [0.2, 0.25) is 0 Å². The van der Waals surface area contributed by atoms with E-state index in [1.165, 1.54) is 0 Å². The second kappa shape index (κ2) is 6.48. The number of hydrogen-bond acceptors (Lipinski definition) is 4. The van der Waals surface area contributed by atoms with E-state index in [-0.39, 0.29) is 10.3 Å². The molecule has 2 bridgehead atoms. The molecule has 0 heterocycles. The summed E-state index contributed by atoms with van der Waals surface area (Å²) in [4.78, 5) is 2.71. The van der Waals surface area contributed by atoms with Gasteiger partial charge in [-0.1, -0.05) is 48.0 Å². The number of aryl methyl sites for hydroxylation is 1. The van der Waals surface area contributed by atoms with Gasteiger partial charge in [-0.2, -0.15) is 0 Å². The smallest absolute Gasteiger partial charge is 0.257 e. The summed E-state index contributed by atoms with van der Waals surface area (Å²) in [5.74, 6) is 0. The molecule has 142 valence electrons. The topological polar surface area (TPSA) is 78.4 Å². The van der Waals surface area contributed by atoms with Crippen LogP contribution in [-0.4, -0.2) is 19.1 Å². The van der Waals surface area contributed by atoms with E-state index in [0.717, 1.165) is 29.7 Å². The number of hydrazine groups is 1. The fourth-order valence-corrected chi connectivity index (χ4v) is 5.04. The molecule has 0 amide bonds. The van der Waals surface area contributed by atoms with E-state index in [9.17, 15) is 13.5 Å². The minimum atomic E-state index is -3.71. The minimum absolute atomic E-state index is 0.203. The maximum absolute atomic E-state index is 12.6. The molecule has 3 N–H and O–H groups in total. The molecule has 2 aromatic carbocycles. The monoisotopic (exact) mass is 384 g/mol. The number of benzene rings is 2. The lowest BCUT2D eigenvalue weighted by atomic mass is 9.58. The molecule has 0 unspecified atom stereocenters. The van der Waals surface area contributed by atoms with Crippen LogP contribution in [0.1, 0.15) is 36.8 Å². The molecular formula is C21H24N2O3S. The standard InChI is InChI=1S/C21H24N2O3S/c1-16-7-9-18(10-8-16)27(25,26)23-22-19-15-20(24)11-13-21(19,14-12-20)17-5-3-2-4-6-17/h2-10,15,22-24H,11-14H2,1H3. The molecule has 2 aromatic rings. The summed E-state index contributed by atoms with van der Waals surface area (Å²) < 4.78 is 25.3. The number of hydrogen-bond donors (Lipinski definition) is 3. The van der Waals surface area contributed by atoms with Crippen LogP contribution in [-0.2, 0) is 15.4 Å². The van der Waals surface area contributed by atoms with E-state index in [0.29, 0.717) is 12.8 Å². The first kappa shape index (κ1) is 18.2. The van der Waals surface area contributed by atoms with Crippen molar-refractivity contribution in [3.8, 4) is 0 Å². The number of aliphatic hydroxyl groups is 1. The van der Waals surface area contributed by atoms with Gasteiger partial charge in [0.05, 0.1) is 10.5 Å². The van der Waals surface area contributed by atoms with Crippen molar-refractivity contribution in [1.82, 2.24) is 10.3 Å². The molecule has 0 aromatic heterocycles. The van der Waals surface area contributed by atoms with Crippen LogP contribution < -0.4 is 10.3 Å². The molecule has 0 atom stereocenters. The lowest BCUT2D eigenvalue weighted by Crippen LogP contribution is -2.53. The molecule has 1 fully saturated rings. The fraction of sp³-hybridized carbons (Fsp3) is 0.333. The van der Waals surface area contributed by atoms with Gasteiger partial charge in [-0.05, 0) is 56.4 Å². The summed E-state index contributed by atoms with van der Waals surface area (Å²) in [7, 11) is -3.71. The second-order valence-electron chi connectivity index (χ2n) is 7.65. The van der Waals surface area contributed by atoms with Gasteiger partial charge in [0.25, 0.3) is 10.0 Å².